The Kier molecular flexibility index (Phi) is 9.52. The molecule has 0 heterocycles. The van der Waals surface area contributed by atoms with E-state index in [1.165, 1.54) is 0 Å². The Morgan fingerprint density at radius 1 is 1.15 bits per heavy atom. The van der Waals surface area contributed by atoms with Crippen molar-refractivity contribution in [1.82, 2.24) is 5.32 Å². The van der Waals surface area contributed by atoms with E-state index in [4.69, 9.17) is 9.47 Å². The molecular formula is C15H23Br2NO2. The van der Waals surface area contributed by atoms with E-state index in [0.29, 0.717) is 0 Å². The third-order valence-electron chi connectivity index (χ3n) is 2.70. The van der Waals surface area contributed by atoms with Gasteiger partial charge in [0.25, 0.3) is 0 Å². The van der Waals surface area contributed by atoms with Crippen LogP contribution in [0.4, 0.5) is 0 Å². The molecule has 0 aliphatic rings. The summed E-state index contributed by atoms with van der Waals surface area (Å²) < 4.78 is 13.2. The molecule has 0 aromatic heterocycles. The maximum absolute atomic E-state index is 5.84. The molecule has 0 saturated heterocycles. The zero-order valence-corrected chi connectivity index (χ0v) is 15.3. The number of rotatable bonds is 10. The number of nitrogens with one attached hydrogen (secondary N) is 1. The molecule has 20 heavy (non-hydrogen) atoms. The monoisotopic (exact) mass is 407 g/mol. The molecule has 0 aliphatic heterocycles. The molecule has 0 atom stereocenters. The first-order valence-electron chi connectivity index (χ1n) is 7.08. The van der Waals surface area contributed by atoms with Crippen LogP contribution in [0.5, 0.6) is 5.75 Å². The van der Waals surface area contributed by atoms with E-state index in [2.05, 4.69) is 50.2 Å². The summed E-state index contributed by atoms with van der Waals surface area (Å²) >= 11 is 7.09. The van der Waals surface area contributed by atoms with Gasteiger partial charge >= 0.3 is 0 Å². The average Bonchev–Trinajstić information content (AvgIpc) is 2.41. The highest BCUT2D eigenvalue weighted by Gasteiger charge is 2.09. The fourth-order valence-corrected chi connectivity index (χ4v) is 3.21. The number of hydrogen-bond acceptors (Lipinski definition) is 3. The molecule has 0 radical (unpaired) electrons. The van der Waals surface area contributed by atoms with Crippen molar-refractivity contribution >= 4 is 31.9 Å². The lowest BCUT2D eigenvalue weighted by Crippen LogP contribution is -2.17. The summed E-state index contributed by atoms with van der Waals surface area (Å²) in [7, 11) is 0. The second kappa shape index (κ2) is 10.6. The van der Waals surface area contributed by atoms with Crippen molar-refractivity contribution in [2.24, 2.45) is 0 Å². The van der Waals surface area contributed by atoms with Gasteiger partial charge in [0.1, 0.15) is 5.75 Å². The van der Waals surface area contributed by atoms with Crippen molar-refractivity contribution in [3.05, 3.63) is 26.6 Å². The van der Waals surface area contributed by atoms with Gasteiger partial charge in [-0.1, -0.05) is 22.9 Å². The molecule has 1 rings (SSSR count). The van der Waals surface area contributed by atoms with Gasteiger partial charge in [-0.15, -0.1) is 0 Å². The highest BCUT2D eigenvalue weighted by molar-refractivity contribution is 9.11. The summed E-state index contributed by atoms with van der Waals surface area (Å²) in [5, 5.41) is 3.43. The van der Waals surface area contributed by atoms with Crippen molar-refractivity contribution < 1.29 is 9.47 Å². The normalized spacial score (nSPS) is 10.8. The van der Waals surface area contributed by atoms with E-state index in [1.54, 1.807) is 0 Å². The van der Waals surface area contributed by atoms with Gasteiger partial charge < -0.3 is 14.8 Å². The van der Waals surface area contributed by atoms with Crippen LogP contribution < -0.4 is 10.1 Å². The van der Waals surface area contributed by atoms with Gasteiger partial charge in [0, 0.05) is 29.8 Å². The highest BCUT2D eigenvalue weighted by atomic mass is 79.9. The molecule has 0 amide bonds. The summed E-state index contributed by atoms with van der Waals surface area (Å²) in [6, 6.07) is 4.12. The summed E-state index contributed by atoms with van der Waals surface area (Å²) in [6.07, 6.45) is 2.03. The van der Waals surface area contributed by atoms with Crippen LogP contribution in [0.2, 0.25) is 0 Å². The van der Waals surface area contributed by atoms with Gasteiger partial charge in [0.05, 0.1) is 11.1 Å². The van der Waals surface area contributed by atoms with Crippen molar-refractivity contribution in [1.29, 1.82) is 0 Å². The third-order valence-corrected chi connectivity index (χ3v) is 3.74. The summed E-state index contributed by atoms with van der Waals surface area (Å²) in [5.74, 6) is 0.937. The molecule has 1 aromatic carbocycles. The minimum Gasteiger partial charge on any atom is -0.492 e. The van der Waals surface area contributed by atoms with E-state index in [-0.39, 0.29) is 0 Å². The fraction of sp³-hybridized carbons (Fsp3) is 0.600. The molecule has 0 aliphatic carbocycles. The van der Waals surface area contributed by atoms with Gasteiger partial charge in [-0.25, -0.2) is 0 Å². The van der Waals surface area contributed by atoms with Gasteiger partial charge in [0.15, 0.2) is 0 Å². The Bertz CT molecular complexity index is 400. The zero-order chi connectivity index (χ0) is 14.8. The molecule has 1 aromatic rings. The van der Waals surface area contributed by atoms with E-state index < -0.39 is 0 Å². The molecular weight excluding hydrogens is 386 g/mol. The van der Waals surface area contributed by atoms with Crippen LogP contribution in [0.25, 0.3) is 0 Å². The first-order valence-corrected chi connectivity index (χ1v) is 8.66. The number of halogens is 2. The van der Waals surface area contributed by atoms with Gasteiger partial charge in [-0.2, -0.15) is 0 Å². The zero-order valence-electron chi connectivity index (χ0n) is 12.2. The largest absolute Gasteiger partial charge is 0.492 e. The van der Waals surface area contributed by atoms with Crippen LogP contribution >= 0.6 is 31.9 Å². The second-order valence-electron chi connectivity index (χ2n) is 4.45. The summed E-state index contributed by atoms with van der Waals surface area (Å²) in [4.78, 5) is 0. The molecule has 0 unspecified atom stereocenters. The van der Waals surface area contributed by atoms with E-state index in [0.717, 1.165) is 66.0 Å². The van der Waals surface area contributed by atoms with Gasteiger partial charge in [0.2, 0.25) is 0 Å². The molecule has 0 fully saturated rings. The number of ether oxygens (including phenoxy) is 2. The van der Waals surface area contributed by atoms with Crippen molar-refractivity contribution in [2.45, 2.75) is 33.2 Å². The SMILES string of the molecule is CCCOc1c(Br)cc(Br)cc1CNCCCOCC. The quantitative estimate of drug-likeness (QED) is 0.577. The summed E-state index contributed by atoms with van der Waals surface area (Å²) in [5.41, 5.74) is 1.16. The second-order valence-corrected chi connectivity index (χ2v) is 6.22. The fourth-order valence-electron chi connectivity index (χ4n) is 1.78. The molecule has 1 N–H and O–H groups in total. The number of hydrogen-bond donors (Lipinski definition) is 1. The van der Waals surface area contributed by atoms with Crippen LogP contribution in [-0.4, -0.2) is 26.4 Å². The minimum absolute atomic E-state index is 0.734. The van der Waals surface area contributed by atoms with E-state index in [1.807, 2.05) is 13.0 Å². The third kappa shape index (κ3) is 6.57. The van der Waals surface area contributed by atoms with Crippen molar-refractivity contribution in [3.63, 3.8) is 0 Å². The molecule has 3 nitrogen and oxygen atoms in total. The Morgan fingerprint density at radius 3 is 2.65 bits per heavy atom. The van der Waals surface area contributed by atoms with Crippen molar-refractivity contribution in [3.8, 4) is 5.75 Å². The predicted molar refractivity (Wildman–Crippen MR) is 90.4 cm³/mol. The van der Waals surface area contributed by atoms with Crippen LogP contribution in [0.1, 0.15) is 32.3 Å². The minimum atomic E-state index is 0.734. The topological polar surface area (TPSA) is 30.5 Å². The first-order chi connectivity index (χ1) is 9.69. The lowest BCUT2D eigenvalue weighted by atomic mass is 10.2. The van der Waals surface area contributed by atoms with Crippen LogP contribution in [0.15, 0.2) is 21.1 Å². The molecule has 0 bridgehead atoms. The van der Waals surface area contributed by atoms with E-state index in [9.17, 15) is 0 Å². The molecule has 0 spiro atoms. The molecule has 0 saturated carbocycles. The van der Waals surface area contributed by atoms with Crippen LogP contribution in [-0.2, 0) is 11.3 Å². The van der Waals surface area contributed by atoms with Crippen molar-refractivity contribution in [2.75, 3.05) is 26.4 Å². The maximum Gasteiger partial charge on any atom is 0.138 e. The maximum atomic E-state index is 5.84. The Labute approximate surface area is 138 Å². The van der Waals surface area contributed by atoms with Crippen LogP contribution in [0, 0.1) is 0 Å². The lowest BCUT2D eigenvalue weighted by Gasteiger charge is -2.14. The smallest absolute Gasteiger partial charge is 0.138 e. The lowest BCUT2D eigenvalue weighted by molar-refractivity contribution is 0.144. The van der Waals surface area contributed by atoms with Gasteiger partial charge in [-0.3, -0.25) is 0 Å². The van der Waals surface area contributed by atoms with Gasteiger partial charge in [-0.05, 0) is 54.4 Å². The first kappa shape index (κ1) is 18.0. The Hall–Kier alpha value is -0.100. The predicted octanol–water partition coefficient (Wildman–Crippen LogP) is 4.52. The summed E-state index contributed by atoms with van der Waals surface area (Å²) in [6.45, 7) is 8.19. The van der Waals surface area contributed by atoms with E-state index >= 15 is 0 Å². The Morgan fingerprint density at radius 2 is 1.95 bits per heavy atom. The number of benzene rings is 1. The molecule has 114 valence electrons. The Balaban J connectivity index is 2.53. The highest BCUT2D eigenvalue weighted by Crippen LogP contribution is 2.33. The average molecular weight is 409 g/mol. The van der Waals surface area contributed by atoms with Crippen LogP contribution in [0.3, 0.4) is 0 Å². The molecule has 5 heteroatoms. The standard InChI is InChI=1S/C15H23Br2NO2/c1-3-7-20-15-12(9-13(16)10-14(15)17)11-18-6-5-8-19-4-2/h9-10,18H,3-8,11H2,1-2H3.